The van der Waals surface area contributed by atoms with Crippen molar-refractivity contribution in [1.82, 2.24) is 20.3 Å². The van der Waals surface area contributed by atoms with Crippen molar-refractivity contribution in [3.63, 3.8) is 0 Å². The van der Waals surface area contributed by atoms with E-state index >= 15 is 0 Å². The van der Waals surface area contributed by atoms with Gasteiger partial charge in [0.05, 0.1) is 12.7 Å². The van der Waals surface area contributed by atoms with E-state index in [0.717, 1.165) is 19.3 Å². The van der Waals surface area contributed by atoms with E-state index in [0.29, 0.717) is 5.69 Å². The van der Waals surface area contributed by atoms with Gasteiger partial charge in [-0.3, -0.25) is 9.59 Å². The smallest absolute Gasteiger partial charge is 0.325 e. The van der Waals surface area contributed by atoms with Crippen LogP contribution in [0.1, 0.15) is 29.7 Å². The number of carbonyl (C=O) groups is 2. The molecule has 2 atom stereocenters. The number of hydrogen-bond donors (Lipinski definition) is 2. The summed E-state index contributed by atoms with van der Waals surface area (Å²) in [6.07, 6.45) is 4.53. The van der Waals surface area contributed by atoms with Gasteiger partial charge in [0.25, 0.3) is 0 Å². The Morgan fingerprint density at radius 1 is 1.38 bits per heavy atom. The van der Waals surface area contributed by atoms with Crippen LogP contribution in [0.2, 0.25) is 0 Å². The fourth-order valence-electron chi connectivity index (χ4n) is 3.88. The molecule has 1 fully saturated rings. The van der Waals surface area contributed by atoms with Gasteiger partial charge in [-0.15, -0.1) is 5.10 Å². The van der Waals surface area contributed by atoms with Crippen LogP contribution < -0.4 is 5.32 Å². The molecule has 1 saturated carbocycles. The first kappa shape index (κ1) is 14.9. The summed E-state index contributed by atoms with van der Waals surface area (Å²) in [7, 11) is 0. The molecule has 1 heterocycles. The van der Waals surface area contributed by atoms with Crippen molar-refractivity contribution in [1.29, 1.82) is 0 Å². The van der Waals surface area contributed by atoms with Crippen LogP contribution in [0.4, 0.5) is 0 Å². The van der Waals surface area contributed by atoms with Gasteiger partial charge in [-0.05, 0) is 30.4 Å². The monoisotopic (exact) mass is 326 g/mol. The predicted molar refractivity (Wildman–Crippen MR) is 84.1 cm³/mol. The third kappa shape index (κ3) is 2.46. The summed E-state index contributed by atoms with van der Waals surface area (Å²) in [5, 5.41) is 19.2. The van der Waals surface area contributed by atoms with Gasteiger partial charge in [-0.25, -0.2) is 4.68 Å². The summed E-state index contributed by atoms with van der Waals surface area (Å²) in [6, 6.07) is 8.39. The Morgan fingerprint density at radius 2 is 2.21 bits per heavy atom. The first-order valence-corrected chi connectivity index (χ1v) is 8.05. The highest BCUT2D eigenvalue weighted by molar-refractivity contribution is 5.84. The molecule has 0 bridgehead atoms. The highest BCUT2D eigenvalue weighted by atomic mass is 16.4. The van der Waals surface area contributed by atoms with Crippen LogP contribution in [0, 0.1) is 5.92 Å². The van der Waals surface area contributed by atoms with E-state index in [1.165, 1.54) is 15.8 Å². The van der Waals surface area contributed by atoms with Gasteiger partial charge in [0.2, 0.25) is 5.91 Å². The Balaban J connectivity index is 1.37. The van der Waals surface area contributed by atoms with Gasteiger partial charge >= 0.3 is 5.97 Å². The lowest BCUT2D eigenvalue weighted by Crippen LogP contribution is -2.27. The molecule has 24 heavy (non-hydrogen) atoms. The number of hydrogen-bond acceptors (Lipinski definition) is 4. The molecule has 0 radical (unpaired) electrons. The minimum Gasteiger partial charge on any atom is -0.480 e. The Hall–Kier alpha value is -2.70. The molecule has 2 aromatic rings. The van der Waals surface area contributed by atoms with Crippen molar-refractivity contribution in [3.05, 3.63) is 47.3 Å². The number of aromatic nitrogens is 3. The summed E-state index contributed by atoms with van der Waals surface area (Å²) >= 11 is 0. The lowest BCUT2D eigenvalue weighted by Gasteiger charge is -2.11. The maximum Gasteiger partial charge on any atom is 0.325 e. The molecule has 1 aromatic heterocycles. The number of fused-ring (bicyclic) bond motifs is 2. The van der Waals surface area contributed by atoms with Crippen LogP contribution in [0.5, 0.6) is 0 Å². The molecule has 2 N–H and O–H groups in total. The quantitative estimate of drug-likeness (QED) is 0.850. The Bertz CT molecular complexity index is 816. The molecular formula is C17H18N4O3. The van der Waals surface area contributed by atoms with E-state index in [2.05, 4.69) is 33.8 Å². The zero-order valence-corrected chi connectivity index (χ0v) is 13.1. The zero-order chi connectivity index (χ0) is 16.7. The molecule has 1 spiro atoms. The normalized spacial score (nSPS) is 23.9. The number of rotatable bonds is 5. The third-order valence-corrected chi connectivity index (χ3v) is 5.11. The van der Waals surface area contributed by atoms with Gasteiger partial charge in [0.1, 0.15) is 12.2 Å². The van der Waals surface area contributed by atoms with Crippen LogP contribution in [0.25, 0.3) is 0 Å². The van der Waals surface area contributed by atoms with Crippen molar-refractivity contribution in [2.45, 2.75) is 37.8 Å². The first-order chi connectivity index (χ1) is 11.6. The lowest BCUT2D eigenvalue weighted by molar-refractivity contribution is -0.138. The molecular weight excluding hydrogens is 308 g/mol. The van der Waals surface area contributed by atoms with Crippen molar-refractivity contribution >= 4 is 11.9 Å². The average Bonchev–Trinajstić information content (AvgIpc) is 2.93. The van der Waals surface area contributed by atoms with Gasteiger partial charge < -0.3 is 10.4 Å². The number of aliphatic carboxylic acids is 1. The number of nitrogens with one attached hydrogen (secondary N) is 1. The molecule has 7 heteroatoms. The molecule has 2 aliphatic carbocycles. The van der Waals surface area contributed by atoms with Crippen LogP contribution in [-0.4, -0.2) is 32.0 Å². The van der Waals surface area contributed by atoms with Gasteiger partial charge in [-0.1, -0.05) is 29.5 Å². The highest BCUT2D eigenvalue weighted by Crippen LogP contribution is 2.61. The second-order valence-corrected chi connectivity index (χ2v) is 6.59. The fraction of sp³-hybridized carbons (Fsp3) is 0.412. The molecule has 2 unspecified atom stereocenters. The number of carboxylic acid groups (broad SMARTS) is 1. The molecule has 1 aromatic carbocycles. The molecule has 2 aliphatic rings. The van der Waals surface area contributed by atoms with E-state index < -0.39 is 5.97 Å². The SMILES string of the molecule is O=C(O)Cn1cc(CNC(=O)C2CC23CCc2ccccc23)nn1. The number of carboxylic acids is 1. The number of carbonyl (C=O) groups excluding carboxylic acids is 1. The van der Waals surface area contributed by atoms with Crippen molar-refractivity contribution in [3.8, 4) is 0 Å². The number of nitrogens with zero attached hydrogens (tertiary/aromatic N) is 3. The number of aryl methyl sites for hydroxylation is 1. The van der Waals surface area contributed by atoms with Gasteiger partial charge in [0.15, 0.2) is 0 Å². The molecule has 7 nitrogen and oxygen atoms in total. The minimum atomic E-state index is -0.977. The average molecular weight is 326 g/mol. The van der Waals surface area contributed by atoms with E-state index in [1.54, 1.807) is 6.20 Å². The Kier molecular flexibility index (Phi) is 3.37. The van der Waals surface area contributed by atoms with Gasteiger partial charge in [-0.2, -0.15) is 0 Å². The lowest BCUT2D eigenvalue weighted by atomic mass is 9.95. The minimum absolute atomic E-state index is 0.0233. The summed E-state index contributed by atoms with van der Waals surface area (Å²) in [5.41, 5.74) is 3.29. The molecule has 0 saturated heterocycles. The van der Waals surface area contributed by atoms with E-state index in [9.17, 15) is 9.59 Å². The topological polar surface area (TPSA) is 97.1 Å². The van der Waals surface area contributed by atoms with E-state index in [1.807, 2.05) is 6.07 Å². The summed E-state index contributed by atoms with van der Waals surface area (Å²) in [5.74, 6) is -0.912. The maximum absolute atomic E-state index is 12.5. The van der Waals surface area contributed by atoms with Crippen LogP contribution in [-0.2, 0) is 34.5 Å². The van der Waals surface area contributed by atoms with Gasteiger partial charge in [0, 0.05) is 11.3 Å². The van der Waals surface area contributed by atoms with Crippen molar-refractivity contribution in [2.75, 3.05) is 0 Å². The number of benzene rings is 1. The summed E-state index contributed by atoms with van der Waals surface area (Å²) in [4.78, 5) is 23.1. The molecule has 124 valence electrons. The second kappa shape index (κ2) is 5.43. The highest BCUT2D eigenvalue weighted by Gasteiger charge is 2.61. The standard InChI is InChI=1S/C17H18N4O3/c22-15(23)10-21-9-12(19-20-21)8-18-16(24)14-7-17(14)6-5-11-3-1-2-4-13(11)17/h1-4,9,14H,5-8,10H2,(H,18,24)(H,22,23). The predicted octanol–water partition coefficient (Wildman–Crippen LogP) is 0.883. The maximum atomic E-state index is 12.5. The van der Waals surface area contributed by atoms with Crippen LogP contribution >= 0.6 is 0 Å². The Morgan fingerprint density at radius 3 is 3.04 bits per heavy atom. The summed E-state index contributed by atoms with van der Waals surface area (Å²) in [6.45, 7) is 0.0378. The zero-order valence-electron chi connectivity index (χ0n) is 13.1. The Labute approximate surface area is 138 Å². The molecule has 4 rings (SSSR count). The van der Waals surface area contributed by atoms with Crippen molar-refractivity contribution in [2.24, 2.45) is 5.92 Å². The van der Waals surface area contributed by atoms with Crippen LogP contribution in [0.15, 0.2) is 30.5 Å². The molecule has 0 aliphatic heterocycles. The largest absolute Gasteiger partial charge is 0.480 e. The first-order valence-electron chi connectivity index (χ1n) is 8.05. The van der Waals surface area contributed by atoms with Crippen LogP contribution in [0.3, 0.4) is 0 Å². The second-order valence-electron chi connectivity index (χ2n) is 6.59. The van der Waals surface area contributed by atoms with E-state index in [4.69, 9.17) is 5.11 Å². The van der Waals surface area contributed by atoms with E-state index in [-0.39, 0.29) is 30.3 Å². The number of amides is 1. The summed E-state index contributed by atoms with van der Waals surface area (Å²) < 4.78 is 1.25. The third-order valence-electron chi connectivity index (χ3n) is 5.11. The molecule has 1 amide bonds. The van der Waals surface area contributed by atoms with Crippen molar-refractivity contribution < 1.29 is 14.7 Å². The fourth-order valence-corrected chi connectivity index (χ4v) is 3.88.